The number of fused-ring (bicyclic) bond motifs is 1. The van der Waals surface area contributed by atoms with E-state index < -0.39 is 10.0 Å². The predicted octanol–water partition coefficient (Wildman–Crippen LogP) is 0.661. The van der Waals surface area contributed by atoms with E-state index >= 15 is 0 Å². The van der Waals surface area contributed by atoms with E-state index in [1.807, 2.05) is 42.9 Å². The van der Waals surface area contributed by atoms with Crippen molar-refractivity contribution in [1.29, 1.82) is 0 Å². The van der Waals surface area contributed by atoms with Crippen molar-refractivity contribution in [2.45, 2.75) is 44.8 Å². The monoisotopic (exact) mass is 393 g/mol. The molecule has 0 unspecified atom stereocenters. The van der Waals surface area contributed by atoms with Gasteiger partial charge in [0, 0.05) is 37.4 Å². The Balaban J connectivity index is 1.48. The van der Waals surface area contributed by atoms with Crippen LogP contribution >= 0.6 is 0 Å². The van der Waals surface area contributed by atoms with Gasteiger partial charge in [-0.15, -0.1) is 0 Å². The first kappa shape index (κ1) is 19.8. The van der Waals surface area contributed by atoms with Crippen molar-refractivity contribution in [3.8, 4) is 0 Å². The van der Waals surface area contributed by atoms with Gasteiger partial charge in [-0.05, 0) is 44.5 Å². The average Bonchev–Trinajstić information content (AvgIpc) is 3.14. The minimum absolute atomic E-state index is 0.0168. The summed E-state index contributed by atoms with van der Waals surface area (Å²) < 4.78 is 27.0. The highest BCUT2D eigenvalue weighted by atomic mass is 32.2. The number of carbonyl (C=O) groups excluding carboxylic acids is 1. The molecule has 2 N–H and O–H groups in total. The van der Waals surface area contributed by atoms with Crippen LogP contribution in [0.3, 0.4) is 0 Å². The van der Waals surface area contributed by atoms with E-state index in [0.29, 0.717) is 19.5 Å². The van der Waals surface area contributed by atoms with Crippen molar-refractivity contribution < 1.29 is 13.2 Å². The van der Waals surface area contributed by atoms with Gasteiger partial charge in [0.05, 0.1) is 18.5 Å². The Morgan fingerprint density at radius 1 is 1.33 bits per heavy atom. The Bertz CT molecular complexity index is 924. The number of rotatable bonds is 7. The van der Waals surface area contributed by atoms with Crippen molar-refractivity contribution in [3.63, 3.8) is 0 Å². The number of nitrogens with zero attached hydrogens (tertiary/aromatic N) is 3. The smallest absolute Gasteiger partial charge is 0.221 e. The lowest BCUT2D eigenvalue weighted by Crippen LogP contribution is -2.42. The molecule has 0 saturated carbocycles. The summed E-state index contributed by atoms with van der Waals surface area (Å²) >= 11 is 0. The van der Waals surface area contributed by atoms with E-state index in [2.05, 4.69) is 19.9 Å². The van der Waals surface area contributed by atoms with Gasteiger partial charge in [0.2, 0.25) is 15.9 Å². The van der Waals surface area contributed by atoms with Crippen molar-refractivity contribution in [3.05, 3.63) is 35.8 Å². The molecule has 0 aliphatic carbocycles. The lowest BCUT2D eigenvalue weighted by atomic mass is 10.1. The van der Waals surface area contributed by atoms with E-state index in [1.54, 1.807) is 0 Å². The van der Waals surface area contributed by atoms with Crippen LogP contribution in [0, 0.1) is 6.92 Å². The zero-order valence-corrected chi connectivity index (χ0v) is 16.8. The zero-order chi connectivity index (χ0) is 19.6. The zero-order valence-electron chi connectivity index (χ0n) is 16.0. The number of aromatic nitrogens is 2. The second-order valence-corrected chi connectivity index (χ2v) is 9.19. The van der Waals surface area contributed by atoms with Gasteiger partial charge in [0.15, 0.2) is 0 Å². The molecule has 1 saturated heterocycles. The van der Waals surface area contributed by atoms with E-state index in [4.69, 9.17) is 0 Å². The van der Waals surface area contributed by atoms with Gasteiger partial charge in [-0.25, -0.2) is 18.1 Å². The second kappa shape index (κ2) is 7.95. The number of hydrogen-bond donors (Lipinski definition) is 2. The number of nitrogens with one attached hydrogen (secondary N) is 2. The highest BCUT2D eigenvalue weighted by Crippen LogP contribution is 2.24. The van der Waals surface area contributed by atoms with Crippen LogP contribution in [0.2, 0.25) is 0 Å². The number of likely N-dealkylation sites (N-methyl/N-ethyl adjacent to an activating group) is 1. The van der Waals surface area contributed by atoms with E-state index in [1.165, 1.54) is 0 Å². The Kier molecular flexibility index (Phi) is 5.83. The first-order valence-corrected chi connectivity index (χ1v) is 11.0. The summed E-state index contributed by atoms with van der Waals surface area (Å²) in [5, 5.41) is 2.94. The van der Waals surface area contributed by atoms with E-state index in [9.17, 15) is 13.2 Å². The minimum Gasteiger partial charge on any atom is -0.350 e. The molecular formula is C18H27N5O3S. The van der Waals surface area contributed by atoms with Gasteiger partial charge in [-0.2, -0.15) is 0 Å². The van der Waals surface area contributed by atoms with Gasteiger partial charge in [-0.3, -0.25) is 9.69 Å². The van der Waals surface area contributed by atoms with Crippen LogP contribution in [0.15, 0.2) is 24.5 Å². The number of pyridine rings is 1. The molecule has 27 heavy (non-hydrogen) atoms. The molecular weight excluding hydrogens is 366 g/mol. The van der Waals surface area contributed by atoms with Crippen LogP contribution in [0.4, 0.5) is 0 Å². The van der Waals surface area contributed by atoms with Gasteiger partial charge in [0.25, 0.3) is 0 Å². The fourth-order valence-corrected chi connectivity index (χ4v) is 4.02. The molecule has 2 aromatic heterocycles. The molecule has 3 rings (SSSR count). The Labute approximate surface area is 160 Å². The van der Waals surface area contributed by atoms with E-state index in [-0.39, 0.29) is 18.0 Å². The van der Waals surface area contributed by atoms with E-state index in [0.717, 1.165) is 36.0 Å². The third-order valence-electron chi connectivity index (χ3n) is 5.12. The maximum absolute atomic E-state index is 12.3. The van der Waals surface area contributed by atoms with Crippen LogP contribution in [0.25, 0.3) is 5.65 Å². The molecule has 1 amide bonds. The van der Waals surface area contributed by atoms with Crippen molar-refractivity contribution in [1.82, 2.24) is 24.3 Å². The topological polar surface area (TPSA) is 95.8 Å². The fraction of sp³-hybridized carbons (Fsp3) is 0.556. The number of carbonyl (C=O) groups is 1. The summed E-state index contributed by atoms with van der Waals surface area (Å²) in [5.74, 6) is -0.0168. The predicted molar refractivity (Wildman–Crippen MR) is 104 cm³/mol. The number of amides is 1. The summed E-state index contributed by atoms with van der Waals surface area (Å²) in [6.45, 7) is 2.80. The van der Waals surface area contributed by atoms with Crippen LogP contribution in [-0.4, -0.2) is 60.5 Å². The SMILES string of the molecule is Cc1ccn2cc(CNC(=O)C[C@H]3CC[C@@H](CNS(C)(=O)=O)N3C)nc2c1. The van der Waals surface area contributed by atoms with Crippen molar-refractivity contribution in [2.24, 2.45) is 0 Å². The second-order valence-electron chi connectivity index (χ2n) is 7.35. The standard InChI is InChI=1S/C18H27N5O3S/c1-13-6-7-23-12-14(21-17(23)8-13)10-19-18(24)9-15-4-5-16(22(15)2)11-20-27(3,25)26/h6-8,12,15-16,20H,4-5,9-11H2,1-3H3,(H,19,24)/t15-,16+/m1/s1. The number of sulfonamides is 1. The molecule has 1 fully saturated rings. The Morgan fingerprint density at radius 2 is 2.07 bits per heavy atom. The summed E-state index contributed by atoms with van der Waals surface area (Å²) in [6.07, 6.45) is 7.20. The molecule has 2 atom stereocenters. The molecule has 148 valence electrons. The summed E-state index contributed by atoms with van der Waals surface area (Å²) in [7, 11) is -1.25. The lowest BCUT2D eigenvalue weighted by molar-refractivity contribution is -0.122. The maximum Gasteiger partial charge on any atom is 0.221 e. The minimum atomic E-state index is -3.19. The number of imidazole rings is 1. The van der Waals surface area contributed by atoms with Crippen LogP contribution in [0.1, 0.15) is 30.5 Å². The van der Waals surface area contributed by atoms with Crippen LogP contribution in [0.5, 0.6) is 0 Å². The third-order valence-corrected chi connectivity index (χ3v) is 5.81. The van der Waals surface area contributed by atoms with Crippen molar-refractivity contribution >= 4 is 21.6 Å². The molecule has 1 aliphatic rings. The molecule has 0 bridgehead atoms. The molecule has 9 heteroatoms. The molecule has 0 spiro atoms. The Morgan fingerprint density at radius 3 is 2.81 bits per heavy atom. The normalized spacial score (nSPS) is 21.0. The first-order valence-electron chi connectivity index (χ1n) is 9.09. The molecule has 2 aromatic rings. The fourth-order valence-electron chi connectivity index (χ4n) is 3.53. The Hall–Kier alpha value is -1.97. The van der Waals surface area contributed by atoms with Gasteiger partial charge < -0.3 is 9.72 Å². The number of likely N-dealkylation sites (tertiary alicyclic amines) is 1. The van der Waals surface area contributed by atoms with Crippen molar-refractivity contribution in [2.75, 3.05) is 19.8 Å². The van der Waals surface area contributed by atoms with Gasteiger partial charge in [-0.1, -0.05) is 0 Å². The molecule has 1 aliphatic heterocycles. The highest BCUT2D eigenvalue weighted by Gasteiger charge is 2.31. The molecule has 8 nitrogen and oxygen atoms in total. The molecule has 3 heterocycles. The average molecular weight is 394 g/mol. The van der Waals surface area contributed by atoms with Gasteiger partial charge >= 0.3 is 0 Å². The highest BCUT2D eigenvalue weighted by molar-refractivity contribution is 7.88. The summed E-state index contributed by atoms with van der Waals surface area (Å²) in [5.41, 5.74) is 2.84. The quantitative estimate of drug-likeness (QED) is 0.721. The number of hydrogen-bond acceptors (Lipinski definition) is 5. The third kappa shape index (κ3) is 5.27. The number of aryl methyl sites for hydroxylation is 1. The van der Waals surface area contributed by atoms with Crippen LogP contribution in [-0.2, 0) is 21.4 Å². The van der Waals surface area contributed by atoms with Crippen LogP contribution < -0.4 is 10.0 Å². The largest absolute Gasteiger partial charge is 0.350 e. The molecule has 0 aromatic carbocycles. The summed E-state index contributed by atoms with van der Waals surface area (Å²) in [4.78, 5) is 19.0. The lowest BCUT2D eigenvalue weighted by Gasteiger charge is -2.25. The van der Waals surface area contributed by atoms with Gasteiger partial charge in [0.1, 0.15) is 5.65 Å². The molecule has 0 radical (unpaired) electrons. The maximum atomic E-state index is 12.3. The summed E-state index contributed by atoms with van der Waals surface area (Å²) in [6, 6.07) is 4.27. The first-order chi connectivity index (χ1) is 12.7.